The van der Waals surface area contributed by atoms with Crippen LogP contribution in [0.25, 0.3) is 0 Å². The van der Waals surface area contributed by atoms with Gasteiger partial charge in [0.05, 0.1) is 5.69 Å². The Morgan fingerprint density at radius 3 is 2.28 bits per heavy atom. The molecule has 0 saturated carbocycles. The Balaban J connectivity index is 3.32. The van der Waals surface area contributed by atoms with Gasteiger partial charge in [0.25, 0.3) is 0 Å². The first-order chi connectivity index (χ1) is 8.32. The number of halogens is 1. The van der Waals surface area contributed by atoms with E-state index in [1.165, 1.54) is 18.4 Å². The van der Waals surface area contributed by atoms with E-state index in [2.05, 4.69) is 0 Å². The summed E-state index contributed by atoms with van der Waals surface area (Å²) in [5, 5.41) is 0. The van der Waals surface area contributed by atoms with Crippen molar-refractivity contribution < 1.29 is 8.42 Å². The van der Waals surface area contributed by atoms with Crippen molar-refractivity contribution in [2.75, 3.05) is 31.9 Å². The predicted molar refractivity (Wildman–Crippen MR) is 75.9 cm³/mol. The molecule has 0 saturated heterocycles. The van der Waals surface area contributed by atoms with Gasteiger partial charge in [-0.25, -0.2) is 12.7 Å². The van der Waals surface area contributed by atoms with Gasteiger partial charge in [0, 0.05) is 33.1 Å². The third-order valence-corrected chi connectivity index (χ3v) is 5.20. The third kappa shape index (κ3) is 2.96. The van der Waals surface area contributed by atoms with E-state index in [0.717, 1.165) is 0 Å². The molecule has 1 aromatic rings. The number of para-hydroxylation sites is 1. The number of alkyl halides is 1. The van der Waals surface area contributed by atoms with Crippen LogP contribution in [0, 0.1) is 0 Å². The van der Waals surface area contributed by atoms with Crippen molar-refractivity contribution in [2.45, 2.75) is 17.9 Å². The summed E-state index contributed by atoms with van der Waals surface area (Å²) in [6.07, 6.45) is 0. The van der Waals surface area contributed by atoms with Crippen LogP contribution < -0.4 is 4.90 Å². The van der Waals surface area contributed by atoms with Gasteiger partial charge in [0.1, 0.15) is 4.90 Å². The van der Waals surface area contributed by atoms with Crippen LogP contribution in [0.1, 0.15) is 6.92 Å². The molecule has 4 nitrogen and oxygen atoms in total. The molecule has 1 aromatic carbocycles. The maximum absolute atomic E-state index is 12.2. The zero-order chi connectivity index (χ0) is 13.9. The second-order valence-corrected chi connectivity index (χ2v) is 6.80. The van der Waals surface area contributed by atoms with Gasteiger partial charge >= 0.3 is 0 Å². The fraction of sp³-hybridized carbons (Fsp3) is 0.500. The molecule has 1 unspecified atom stereocenters. The normalized spacial score (nSPS) is 13.7. The highest BCUT2D eigenvalue weighted by molar-refractivity contribution is 7.89. The molecule has 0 fully saturated rings. The second kappa shape index (κ2) is 5.91. The average molecular weight is 291 g/mol. The minimum Gasteiger partial charge on any atom is -0.370 e. The van der Waals surface area contributed by atoms with Crippen LogP contribution in [-0.2, 0) is 10.0 Å². The average Bonchev–Trinajstić information content (AvgIpc) is 2.36. The molecular formula is C12H19ClN2O2S. The fourth-order valence-corrected chi connectivity index (χ4v) is 2.83. The van der Waals surface area contributed by atoms with Gasteiger partial charge in [0.2, 0.25) is 10.0 Å². The van der Waals surface area contributed by atoms with E-state index >= 15 is 0 Å². The quantitative estimate of drug-likeness (QED) is 0.779. The van der Waals surface area contributed by atoms with Crippen molar-refractivity contribution >= 4 is 27.3 Å². The van der Waals surface area contributed by atoms with E-state index in [4.69, 9.17) is 11.6 Å². The fourth-order valence-electron chi connectivity index (χ4n) is 1.50. The summed E-state index contributed by atoms with van der Waals surface area (Å²) in [6, 6.07) is 7.01. The minimum absolute atomic E-state index is 0.0604. The van der Waals surface area contributed by atoms with Gasteiger partial charge in [-0.1, -0.05) is 12.1 Å². The van der Waals surface area contributed by atoms with E-state index in [0.29, 0.717) is 16.5 Å². The van der Waals surface area contributed by atoms with E-state index in [1.807, 2.05) is 24.9 Å². The number of sulfonamides is 1. The lowest BCUT2D eigenvalue weighted by Gasteiger charge is -2.28. The van der Waals surface area contributed by atoms with Crippen LogP contribution in [0.4, 0.5) is 5.69 Å². The highest BCUT2D eigenvalue weighted by Gasteiger charge is 2.23. The van der Waals surface area contributed by atoms with Gasteiger partial charge in [-0.2, -0.15) is 0 Å². The lowest BCUT2D eigenvalue weighted by Crippen LogP contribution is -2.32. The molecule has 0 bridgehead atoms. The lowest BCUT2D eigenvalue weighted by molar-refractivity contribution is 0.520. The zero-order valence-electron chi connectivity index (χ0n) is 11.1. The van der Waals surface area contributed by atoms with Crippen LogP contribution in [0.5, 0.6) is 0 Å². The highest BCUT2D eigenvalue weighted by atomic mass is 35.5. The smallest absolute Gasteiger partial charge is 0.244 e. The number of nitrogens with zero attached hydrogens (tertiary/aromatic N) is 2. The maximum Gasteiger partial charge on any atom is 0.244 e. The number of hydrogen-bond acceptors (Lipinski definition) is 3. The number of benzene rings is 1. The summed E-state index contributed by atoms with van der Waals surface area (Å²) in [7, 11) is 1.45. The number of anilines is 1. The molecule has 1 rings (SSSR count). The van der Waals surface area contributed by atoms with E-state index in [1.54, 1.807) is 18.2 Å². The maximum atomic E-state index is 12.2. The zero-order valence-corrected chi connectivity index (χ0v) is 12.7. The summed E-state index contributed by atoms with van der Waals surface area (Å²) in [5.74, 6) is 0.437. The summed E-state index contributed by atoms with van der Waals surface area (Å²) in [6.45, 7) is 1.95. The molecule has 0 spiro atoms. The molecule has 0 N–H and O–H groups in total. The molecule has 1 atom stereocenters. The van der Waals surface area contributed by atoms with Crippen LogP contribution >= 0.6 is 11.6 Å². The van der Waals surface area contributed by atoms with Gasteiger partial charge in [-0.3, -0.25) is 0 Å². The Hall–Kier alpha value is -0.780. The van der Waals surface area contributed by atoms with E-state index < -0.39 is 10.0 Å². The van der Waals surface area contributed by atoms with Crippen molar-refractivity contribution in [3.8, 4) is 0 Å². The van der Waals surface area contributed by atoms with Gasteiger partial charge in [0.15, 0.2) is 0 Å². The molecule has 102 valence electrons. The topological polar surface area (TPSA) is 40.6 Å². The summed E-state index contributed by atoms with van der Waals surface area (Å²) in [5.41, 5.74) is 0.666. The Bertz CT molecular complexity index is 503. The Labute approximate surface area is 114 Å². The summed E-state index contributed by atoms with van der Waals surface area (Å²) < 4.78 is 25.7. The Kier molecular flexibility index (Phi) is 5.01. The largest absolute Gasteiger partial charge is 0.370 e. The second-order valence-electron chi connectivity index (χ2n) is 4.37. The SMILES string of the molecule is CC(CCl)N(C)c1ccccc1S(=O)(=O)N(C)C. The third-order valence-electron chi connectivity index (χ3n) is 2.89. The molecule has 0 aliphatic rings. The van der Waals surface area contributed by atoms with Crippen LogP contribution in [-0.4, -0.2) is 45.8 Å². The molecule has 0 aromatic heterocycles. The first-order valence-electron chi connectivity index (χ1n) is 5.62. The molecule has 0 amide bonds. The van der Waals surface area contributed by atoms with Crippen molar-refractivity contribution in [1.29, 1.82) is 0 Å². The van der Waals surface area contributed by atoms with Crippen LogP contribution in [0.2, 0.25) is 0 Å². The van der Waals surface area contributed by atoms with Crippen molar-refractivity contribution in [3.63, 3.8) is 0 Å². The predicted octanol–water partition coefficient (Wildman–Crippen LogP) is 2.00. The van der Waals surface area contributed by atoms with Crippen molar-refractivity contribution in [1.82, 2.24) is 4.31 Å². The first-order valence-corrected chi connectivity index (χ1v) is 7.60. The van der Waals surface area contributed by atoms with Crippen LogP contribution in [0.15, 0.2) is 29.2 Å². The summed E-state index contributed by atoms with van der Waals surface area (Å²) in [4.78, 5) is 2.18. The van der Waals surface area contributed by atoms with Crippen LogP contribution in [0.3, 0.4) is 0 Å². The molecule has 0 aliphatic heterocycles. The molecular weight excluding hydrogens is 272 g/mol. The molecule has 0 aliphatic carbocycles. The van der Waals surface area contributed by atoms with E-state index in [-0.39, 0.29) is 6.04 Å². The monoisotopic (exact) mass is 290 g/mol. The highest BCUT2D eigenvalue weighted by Crippen LogP contribution is 2.27. The number of rotatable bonds is 5. The van der Waals surface area contributed by atoms with Crippen molar-refractivity contribution in [3.05, 3.63) is 24.3 Å². The van der Waals surface area contributed by atoms with Crippen molar-refractivity contribution in [2.24, 2.45) is 0 Å². The lowest BCUT2D eigenvalue weighted by atomic mass is 10.2. The first kappa shape index (κ1) is 15.3. The van der Waals surface area contributed by atoms with Gasteiger partial charge in [-0.05, 0) is 19.1 Å². The summed E-state index contributed by atoms with van der Waals surface area (Å²) >= 11 is 5.82. The number of hydrogen-bond donors (Lipinski definition) is 0. The molecule has 6 heteroatoms. The van der Waals surface area contributed by atoms with E-state index in [9.17, 15) is 8.42 Å². The standard InChI is InChI=1S/C12H19ClN2O2S/c1-10(9-13)15(4)11-7-5-6-8-12(11)18(16,17)14(2)3/h5-8,10H,9H2,1-4H3. The minimum atomic E-state index is -3.45. The Morgan fingerprint density at radius 1 is 1.22 bits per heavy atom. The molecule has 18 heavy (non-hydrogen) atoms. The molecule has 0 radical (unpaired) electrons. The van der Waals surface area contributed by atoms with Gasteiger partial charge in [-0.15, -0.1) is 11.6 Å². The molecule has 0 heterocycles. The Morgan fingerprint density at radius 2 is 1.78 bits per heavy atom. The van der Waals surface area contributed by atoms with Gasteiger partial charge < -0.3 is 4.90 Å².